The summed E-state index contributed by atoms with van der Waals surface area (Å²) in [5.41, 5.74) is 0.847. The van der Waals surface area contributed by atoms with Crippen molar-refractivity contribution in [3.63, 3.8) is 0 Å². The van der Waals surface area contributed by atoms with Crippen molar-refractivity contribution in [1.29, 1.82) is 0 Å². The Kier molecular flexibility index (Phi) is 7.57. The Morgan fingerprint density at radius 1 is 1.28 bits per heavy atom. The van der Waals surface area contributed by atoms with E-state index in [4.69, 9.17) is 9.47 Å². The normalized spacial score (nSPS) is 12.6. The lowest BCUT2D eigenvalue weighted by atomic mass is 10.1. The van der Waals surface area contributed by atoms with E-state index in [1.807, 2.05) is 13.1 Å². The van der Waals surface area contributed by atoms with Crippen molar-refractivity contribution in [3.05, 3.63) is 35.6 Å². The summed E-state index contributed by atoms with van der Waals surface area (Å²) < 4.78 is 24.2. The Morgan fingerprint density at radius 3 is 2.78 bits per heavy atom. The van der Waals surface area contributed by atoms with Crippen molar-refractivity contribution in [3.8, 4) is 0 Å². The van der Waals surface area contributed by atoms with Gasteiger partial charge < -0.3 is 14.8 Å². The summed E-state index contributed by atoms with van der Waals surface area (Å²) in [6.07, 6.45) is 0.861. The Hall–Kier alpha value is -0.970. The largest absolute Gasteiger partial charge is 0.379 e. The van der Waals surface area contributed by atoms with E-state index >= 15 is 0 Å². The summed E-state index contributed by atoms with van der Waals surface area (Å²) >= 11 is 0. The molecule has 0 amide bonds. The summed E-state index contributed by atoms with van der Waals surface area (Å²) in [4.78, 5) is 0. The highest BCUT2D eigenvalue weighted by molar-refractivity contribution is 5.19. The van der Waals surface area contributed by atoms with Crippen molar-refractivity contribution in [2.24, 2.45) is 0 Å². The molecule has 0 saturated heterocycles. The monoisotopic (exact) mass is 255 g/mol. The number of benzene rings is 1. The minimum Gasteiger partial charge on any atom is -0.379 e. The van der Waals surface area contributed by atoms with Gasteiger partial charge in [0.05, 0.1) is 19.3 Å². The first-order chi connectivity index (χ1) is 8.77. The minimum atomic E-state index is -0.237. The highest BCUT2D eigenvalue weighted by Crippen LogP contribution is 2.17. The number of hydrogen-bond donors (Lipinski definition) is 1. The standard InChI is InChI=1S/C14H22FNO2/c1-3-7-17-8-9-18-14(11-16-2)12-5-4-6-13(15)10-12/h4-6,10,14,16H,3,7-9,11H2,1-2H3. The van der Waals surface area contributed by atoms with Crippen molar-refractivity contribution in [2.75, 3.05) is 33.4 Å². The van der Waals surface area contributed by atoms with Crippen LogP contribution in [0, 0.1) is 5.82 Å². The molecule has 0 aromatic heterocycles. The number of nitrogens with one attached hydrogen (secondary N) is 1. The number of ether oxygens (including phenoxy) is 2. The first kappa shape index (κ1) is 15.1. The second-order valence-electron chi connectivity index (χ2n) is 4.08. The van der Waals surface area contributed by atoms with Gasteiger partial charge in [0.15, 0.2) is 0 Å². The highest BCUT2D eigenvalue weighted by atomic mass is 19.1. The third-order valence-corrected chi connectivity index (χ3v) is 2.51. The first-order valence-corrected chi connectivity index (χ1v) is 6.37. The van der Waals surface area contributed by atoms with Gasteiger partial charge in [-0.3, -0.25) is 0 Å². The summed E-state index contributed by atoms with van der Waals surface area (Å²) in [5, 5.41) is 3.05. The van der Waals surface area contributed by atoms with Gasteiger partial charge in [-0.1, -0.05) is 19.1 Å². The van der Waals surface area contributed by atoms with Crippen molar-refractivity contribution in [2.45, 2.75) is 19.4 Å². The lowest BCUT2D eigenvalue weighted by molar-refractivity contribution is 0.00486. The van der Waals surface area contributed by atoms with E-state index in [9.17, 15) is 4.39 Å². The van der Waals surface area contributed by atoms with Crippen LogP contribution in [0.5, 0.6) is 0 Å². The Morgan fingerprint density at radius 2 is 2.11 bits per heavy atom. The van der Waals surface area contributed by atoms with Gasteiger partial charge in [0.2, 0.25) is 0 Å². The highest BCUT2D eigenvalue weighted by Gasteiger charge is 2.11. The summed E-state index contributed by atoms with van der Waals surface area (Å²) in [5.74, 6) is -0.237. The van der Waals surface area contributed by atoms with E-state index in [0.717, 1.165) is 18.6 Å². The van der Waals surface area contributed by atoms with E-state index in [1.165, 1.54) is 12.1 Å². The lowest BCUT2D eigenvalue weighted by Gasteiger charge is -2.18. The van der Waals surface area contributed by atoms with Gasteiger partial charge in [-0.15, -0.1) is 0 Å². The molecule has 0 saturated carbocycles. The van der Waals surface area contributed by atoms with Crippen LogP contribution in [0.25, 0.3) is 0 Å². The molecule has 1 aromatic rings. The van der Waals surface area contributed by atoms with Crippen LogP contribution in [0.4, 0.5) is 4.39 Å². The smallest absolute Gasteiger partial charge is 0.123 e. The first-order valence-electron chi connectivity index (χ1n) is 6.37. The zero-order valence-corrected chi connectivity index (χ0v) is 11.1. The quantitative estimate of drug-likeness (QED) is 0.688. The second kappa shape index (κ2) is 9.03. The van der Waals surface area contributed by atoms with Crippen LogP contribution >= 0.6 is 0 Å². The number of rotatable bonds is 9. The van der Waals surface area contributed by atoms with Crippen LogP contribution < -0.4 is 5.32 Å². The fourth-order valence-corrected chi connectivity index (χ4v) is 1.66. The zero-order valence-electron chi connectivity index (χ0n) is 11.1. The Bertz CT molecular complexity index is 333. The molecule has 102 valence electrons. The molecular weight excluding hydrogens is 233 g/mol. The average molecular weight is 255 g/mol. The molecule has 0 aliphatic rings. The maximum Gasteiger partial charge on any atom is 0.123 e. The van der Waals surface area contributed by atoms with Crippen LogP contribution in [0.2, 0.25) is 0 Å². The number of halogens is 1. The molecule has 0 bridgehead atoms. The third kappa shape index (κ3) is 5.58. The molecule has 0 heterocycles. The van der Waals surface area contributed by atoms with Gasteiger partial charge in [0, 0.05) is 13.2 Å². The van der Waals surface area contributed by atoms with Crippen LogP contribution in [-0.2, 0) is 9.47 Å². The Labute approximate surface area is 108 Å². The van der Waals surface area contributed by atoms with Gasteiger partial charge in [0.1, 0.15) is 5.82 Å². The predicted octanol–water partition coefficient (Wildman–Crippen LogP) is 2.53. The molecule has 4 heteroatoms. The van der Waals surface area contributed by atoms with Gasteiger partial charge >= 0.3 is 0 Å². The summed E-state index contributed by atoms with van der Waals surface area (Å²) in [6.45, 7) is 4.56. The van der Waals surface area contributed by atoms with Crippen molar-refractivity contribution in [1.82, 2.24) is 5.32 Å². The third-order valence-electron chi connectivity index (χ3n) is 2.51. The fourth-order valence-electron chi connectivity index (χ4n) is 1.66. The maximum absolute atomic E-state index is 13.2. The van der Waals surface area contributed by atoms with Gasteiger partial charge in [-0.2, -0.15) is 0 Å². The van der Waals surface area contributed by atoms with E-state index in [0.29, 0.717) is 19.8 Å². The maximum atomic E-state index is 13.2. The molecule has 0 radical (unpaired) electrons. The number of hydrogen-bond acceptors (Lipinski definition) is 3. The zero-order chi connectivity index (χ0) is 13.2. The fraction of sp³-hybridized carbons (Fsp3) is 0.571. The van der Waals surface area contributed by atoms with Gasteiger partial charge in [-0.05, 0) is 31.2 Å². The van der Waals surface area contributed by atoms with E-state index < -0.39 is 0 Å². The van der Waals surface area contributed by atoms with E-state index in [1.54, 1.807) is 6.07 Å². The SMILES string of the molecule is CCCOCCOC(CNC)c1cccc(F)c1. The number of likely N-dealkylation sites (N-methyl/N-ethyl adjacent to an activating group) is 1. The van der Waals surface area contributed by atoms with Crippen LogP contribution in [0.1, 0.15) is 25.0 Å². The topological polar surface area (TPSA) is 30.5 Å². The molecule has 1 unspecified atom stereocenters. The van der Waals surface area contributed by atoms with Crippen molar-refractivity contribution < 1.29 is 13.9 Å². The molecule has 18 heavy (non-hydrogen) atoms. The molecule has 3 nitrogen and oxygen atoms in total. The van der Waals surface area contributed by atoms with Crippen LogP contribution in [0.15, 0.2) is 24.3 Å². The molecule has 0 spiro atoms. The van der Waals surface area contributed by atoms with Crippen LogP contribution in [0.3, 0.4) is 0 Å². The molecule has 1 atom stereocenters. The lowest BCUT2D eigenvalue weighted by Crippen LogP contribution is -2.21. The summed E-state index contributed by atoms with van der Waals surface area (Å²) in [7, 11) is 1.85. The minimum absolute atomic E-state index is 0.143. The molecule has 1 N–H and O–H groups in total. The van der Waals surface area contributed by atoms with E-state index in [-0.39, 0.29) is 11.9 Å². The average Bonchev–Trinajstić information content (AvgIpc) is 2.37. The van der Waals surface area contributed by atoms with Gasteiger partial charge in [-0.25, -0.2) is 4.39 Å². The predicted molar refractivity (Wildman–Crippen MR) is 70.1 cm³/mol. The molecular formula is C14H22FNO2. The molecule has 0 aliphatic carbocycles. The van der Waals surface area contributed by atoms with Crippen LogP contribution in [-0.4, -0.2) is 33.4 Å². The summed E-state index contributed by atoms with van der Waals surface area (Å²) in [6, 6.07) is 6.52. The molecule has 1 rings (SSSR count). The molecule has 0 aliphatic heterocycles. The molecule has 0 fully saturated rings. The van der Waals surface area contributed by atoms with E-state index in [2.05, 4.69) is 12.2 Å². The van der Waals surface area contributed by atoms with Crippen molar-refractivity contribution >= 4 is 0 Å². The molecule has 1 aromatic carbocycles. The van der Waals surface area contributed by atoms with Gasteiger partial charge in [0.25, 0.3) is 0 Å². The Balaban J connectivity index is 2.44. The second-order valence-corrected chi connectivity index (χ2v) is 4.08.